The van der Waals surface area contributed by atoms with Gasteiger partial charge in [-0.3, -0.25) is 19.5 Å². The Morgan fingerprint density at radius 1 is 1.00 bits per heavy atom. The van der Waals surface area contributed by atoms with Crippen molar-refractivity contribution in [3.63, 3.8) is 0 Å². The third kappa shape index (κ3) is 13.3. The number of rotatable bonds is 22. The van der Waals surface area contributed by atoms with Crippen LogP contribution >= 0.6 is 35.6 Å². The number of thioether (sulfide) groups is 1. The van der Waals surface area contributed by atoms with Crippen molar-refractivity contribution in [1.29, 1.82) is 0 Å². The highest BCUT2D eigenvalue weighted by Crippen LogP contribution is 2.35. The normalized spacial score (nSPS) is 14.2. The minimum Gasteiger partial charge on any atom is -0.491 e. The van der Waals surface area contributed by atoms with Gasteiger partial charge >= 0.3 is 5.97 Å². The molecule has 1 amide bonds. The first-order chi connectivity index (χ1) is 21.0. The number of carbonyl (C=O) groups is 2. The first kappa shape index (κ1) is 34.9. The Morgan fingerprint density at radius 3 is 2.42 bits per heavy atom. The highest BCUT2D eigenvalue weighted by molar-refractivity contribution is 8.26. The van der Waals surface area contributed by atoms with Gasteiger partial charge in [0, 0.05) is 31.3 Å². The van der Waals surface area contributed by atoms with E-state index in [2.05, 4.69) is 4.98 Å². The monoisotopic (exact) mass is 650 g/mol. The summed E-state index contributed by atoms with van der Waals surface area (Å²) in [6, 6.07) is 9.14. The molecule has 1 fully saturated rings. The number of nitrogens with zero attached hydrogens (tertiary/aromatic N) is 2. The fourth-order valence-corrected chi connectivity index (χ4v) is 5.57. The molecular formula is C31H39ClN2O7S2. The molecule has 43 heavy (non-hydrogen) atoms. The molecule has 1 aliphatic rings. The Morgan fingerprint density at radius 2 is 1.72 bits per heavy atom. The molecule has 1 aliphatic heterocycles. The number of carboxylic acid groups (broad SMARTS) is 1. The maximum absolute atomic E-state index is 13.2. The number of pyridine rings is 1. The van der Waals surface area contributed by atoms with Crippen LogP contribution in [0.1, 0.15) is 48.8 Å². The molecule has 0 saturated carbocycles. The van der Waals surface area contributed by atoms with Crippen molar-refractivity contribution in [3.05, 3.63) is 64.3 Å². The number of carboxylic acids is 1. The smallest absolute Gasteiger partial charge is 0.303 e. The number of alkyl halides is 1. The Labute approximate surface area is 267 Å². The van der Waals surface area contributed by atoms with Gasteiger partial charge in [0.2, 0.25) is 0 Å². The molecule has 0 aliphatic carbocycles. The van der Waals surface area contributed by atoms with Crippen LogP contribution in [0.2, 0.25) is 0 Å². The lowest BCUT2D eigenvalue weighted by Crippen LogP contribution is -2.27. The number of unbranched alkanes of at least 4 members (excludes halogenated alkanes) is 3. The van der Waals surface area contributed by atoms with Gasteiger partial charge in [0.25, 0.3) is 5.91 Å². The van der Waals surface area contributed by atoms with Gasteiger partial charge in [-0.25, -0.2) is 0 Å². The van der Waals surface area contributed by atoms with E-state index in [0.717, 1.165) is 49.3 Å². The number of amides is 1. The molecule has 3 rings (SSSR count). The Balaban J connectivity index is 1.44. The second-order valence-corrected chi connectivity index (χ2v) is 11.7. The SMILES string of the molecule is O=C(O)CCc1ccc(OCCOCCOCCOCCCCCCCl)cc1/C=C1\SC(=S)N(Cc2cccnc2)C1=O. The third-order valence-corrected chi connectivity index (χ3v) is 8.01. The summed E-state index contributed by atoms with van der Waals surface area (Å²) in [5, 5.41) is 9.20. The summed E-state index contributed by atoms with van der Waals surface area (Å²) in [4.78, 5) is 30.5. The fourth-order valence-electron chi connectivity index (χ4n) is 4.13. The van der Waals surface area contributed by atoms with E-state index in [4.69, 9.17) is 42.8 Å². The van der Waals surface area contributed by atoms with Crippen LogP contribution in [-0.2, 0) is 36.8 Å². The molecule has 9 nitrogen and oxygen atoms in total. The zero-order valence-corrected chi connectivity index (χ0v) is 26.6. The zero-order chi connectivity index (χ0) is 30.7. The Bertz CT molecular complexity index is 1200. The lowest BCUT2D eigenvalue weighted by molar-refractivity contribution is -0.137. The van der Waals surface area contributed by atoms with E-state index in [0.29, 0.717) is 73.1 Å². The minimum absolute atomic E-state index is 0.0277. The predicted octanol–water partition coefficient (Wildman–Crippen LogP) is 5.73. The lowest BCUT2D eigenvalue weighted by Gasteiger charge is -2.14. The van der Waals surface area contributed by atoms with Gasteiger partial charge in [-0.05, 0) is 60.2 Å². The number of aromatic nitrogens is 1. The molecule has 0 bridgehead atoms. The van der Waals surface area contributed by atoms with Crippen LogP contribution in [0.25, 0.3) is 6.08 Å². The van der Waals surface area contributed by atoms with Gasteiger partial charge < -0.3 is 24.1 Å². The summed E-state index contributed by atoms with van der Waals surface area (Å²) < 4.78 is 23.0. The summed E-state index contributed by atoms with van der Waals surface area (Å²) >= 11 is 12.4. The topological polar surface area (TPSA) is 107 Å². The number of hydrogen-bond donors (Lipinski definition) is 1. The first-order valence-corrected chi connectivity index (χ1v) is 16.1. The summed E-state index contributed by atoms with van der Waals surface area (Å²) in [5.41, 5.74) is 2.39. The van der Waals surface area contributed by atoms with Gasteiger partial charge in [-0.2, -0.15) is 0 Å². The number of aliphatic carboxylic acids is 1. The van der Waals surface area contributed by atoms with E-state index in [9.17, 15) is 14.7 Å². The lowest BCUT2D eigenvalue weighted by atomic mass is 10.0. The first-order valence-electron chi connectivity index (χ1n) is 14.4. The van der Waals surface area contributed by atoms with Gasteiger partial charge in [0.1, 0.15) is 16.7 Å². The standard InChI is InChI=1S/C31H39ClN2O7S2/c32-11-3-1-2-4-13-38-14-15-39-16-17-40-18-19-41-27-9-7-25(8-10-29(35)36)26(20-27)21-28-30(37)34(31(42)43-28)23-24-6-5-12-33-22-24/h5-7,9,12,20-22H,1-4,8,10-11,13-19,23H2,(H,35,36)/b28-21-. The van der Waals surface area contributed by atoms with Crippen LogP contribution in [0.4, 0.5) is 0 Å². The molecule has 1 N–H and O–H groups in total. The average Bonchev–Trinajstić information content (AvgIpc) is 3.26. The molecule has 1 saturated heterocycles. The van der Waals surface area contributed by atoms with Crippen LogP contribution in [0.5, 0.6) is 5.75 Å². The molecule has 234 valence electrons. The molecule has 12 heteroatoms. The average molecular weight is 651 g/mol. The van der Waals surface area contributed by atoms with Crippen molar-refractivity contribution in [2.75, 3.05) is 52.1 Å². The summed E-state index contributed by atoms with van der Waals surface area (Å²) in [6.07, 6.45) is 9.80. The molecule has 2 aromatic rings. The van der Waals surface area contributed by atoms with Crippen LogP contribution < -0.4 is 4.74 Å². The number of benzene rings is 1. The van der Waals surface area contributed by atoms with Gasteiger partial charge in [-0.1, -0.05) is 49.0 Å². The van der Waals surface area contributed by atoms with Crippen molar-refractivity contribution in [2.24, 2.45) is 0 Å². The maximum atomic E-state index is 13.2. The molecular weight excluding hydrogens is 612 g/mol. The minimum atomic E-state index is -0.892. The van der Waals surface area contributed by atoms with E-state index in [-0.39, 0.29) is 12.3 Å². The highest BCUT2D eigenvalue weighted by Gasteiger charge is 2.32. The molecule has 0 unspecified atom stereocenters. The Hall–Kier alpha value is -2.54. The van der Waals surface area contributed by atoms with Gasteiger partial charge in [-0.15, -0.1) is 11.6 Å². The van der Waals surface area contributed by atoms with E-state index in [1.165, 1.54) is 11.8 Å². The number of hydrogen-bond acceptors (Lipinski definition) is 9. The van der Waals surface area contributed by atoms with Crippen LogP contribution in [0.15, 0.2) is 47.6 Å². The number of ether oxygens (including phenoxy) is 4. The van der Waals surface area contributed by atoms with Crippen molar-refractivity contribution >= 4 is 57.9 Å². The summed E-state index contributed by atoms with van der Waals surface area (Å²) in [6.45, 7) is 3.80. The van der Waals surface area contributed by atoms with Crippen LogP contribution in [0, 0.1) is 0 Å². The predicted molar refractivity (Wildman–Crippen MR) is 172 cm³/mol. The number of carbonyl (C=O) groups excluding carboxylic acids is 1. The molecule has 2 heterocycles. The second-order valence-electron chi connectivity index (χ2n) is 9.67. The van der Waals surface area contributed by atoms with Crippen LogP contribution in [0.3, 0.4) is 0 Å². The second kappa shape index (κ2) is 20.4. The van der Waals surface area contributed by atoms with Gasteiger partial charge in [0.05, 0.1) is 44.5 Å². The van der Waals surface area contributed by atoms with E-state index >= 15 is 0 Å². The fraction of sp³-hybridized carbons (Fsp3) is 0.484. The summed E-state index contributed by atoms with van der Waals surface area (Å²) in [7, 11) is 0. The van der Waals surface area contributed by atoms with E-state index in [1.54, 1.807) is 29.4 Å². The molecule has 0 spiro atoms. The number of halogens is 1. The van der Waals surface area contributed by atoms with E-state index < -0.39 is 5.97 Å². The quantitative estimate of drug-likeness (QED) is 0.0735. The maximum Gasteiger partial charge on any atom is 0.303 e. The Kier molecular flexibility index (Phi) is 16.6. The zero-order valence-electron chi connectivity index (χ0n) is 24.2. The van der Waals surface area contributed by atoms with Gasteiger partial charge in [0.15, 0.2) is 0 Å². The van der Waals surface area contributed by atoms with E-state index in [1.807, 2.05) is 24.3 Å². The third-order valence-electron chi connectivity index (χ3n) is 6.36. The molecule has 1 aromatic carbocycles. The highest BCUT2D eigenvalue weighted by atomic mass is 35.5. The van der Waals surface area contributed by atoms with Crippen molar-refractivity contribution in [3.8, 4) is 5.75 Å². The largest absolute Gasteiger partial charge is 0.491 e. The molecule has 0 radical (unpaired) electrons. The number of aryl methyl sites for hydroxylation is 1. The van der Waals surface area contributed by atoms with Crippen LogP contribution in [-0.4, -0.2) is 83.3 Å². The van der Waals surface area contributed by atoms with Crippen molar-refractivity contribution in [1.82, 2.24) is 9.88 Å². The number of thiocarbonyl (C=S) groups is 1. The summed E-state index contributed by atoms with van der Waals surface area (Å²) in [5.74, 6) is 0.222. The molecule has 1 aromatic heterocycles. The van der Waals surface area contributed by atoms with Crippen molar-refractivity contribution in [2.45, 2.75) is 45.1 Å². The molecule has 0 atom stereocenters. The van der Waals surface area contributed by atoms with Crippen molar-refractivity contribution < 1.29 is 33.6 Å².